The Morgan fingerprint density at radius 2 is 1.73 bits per heavy atom. The van der Waals surface area contributed by atoms with Gasteiger partial charge in [-0.3, -0.25) is 10.2 Å². The van der Waals surface area contributed by atoms with Gasteiger partial charge in [0.15, 0.2) is 5.78 Å². The molecule has 1 aromatic carbocycles. The Labute approximate surface area is 294 Å². The molecule has 0 saturated carbocycles. The van der Waals surface area contributed by atoms with E-state index >= 15 is 0 Å². The van der Waals surface area contributed by atoms with Crippen LogP contribution in [-0.4, -0.2) is 37.3 Å². The molecule has 5 nitrogen and oxygen atoms in total. The first-order chi connectivity index (χ1) is 22.6. The molecule has 0 aromatic heterocycles. The Bertz CT molecular complexity index is 1190. The van der Waals surface area contributed by atoms with E-state index in [9.17, 15) is 18.0 Å². The van der Waals surface area contributed by atoms with E-state index in [0.29, 0.717) is 36.9 Å². The number of alkyl halides is 3. The van der Waals surface area contributed by atoms with E-state index in [2.05, 4.69) is 51.4 Å². The molecule has 0 bridgehead atoms. The minimum Gasteiger partial charge on any atom is -0.387 e. The average Bonchev–Trinajstić information content (AvgIpc) is 3.02. The molecule has 3 N–H and O–H groups in total. The number of benzene rings is 1. The molecule has 1 unspecified atom stereocenters. The fourth-order valence-electron chi connectivity index (χ4n) is 4.87. The summed E-state index contributed by atoms with van der Waals surface area (Å²) in [6, 6.07) is 6.13. The molecule has 1 fully saturated rings. The minimum absolute atomic E-state index is 0.196. The number of nitrogens with one attached hydrogen (secondary N) is 1. The van der Waals surface area contributed by atoms with Crippen molar-refractivity contribution in [3.63, 3.8) is 0 Å². The number of Topliss-reactive ketones (excluding diaryl/α,β-unsaturated/α-hetero) is 1. The Kier molecular flexibility index (Phi) is 25.9. The Hall–Kier alpha value is -2.71. The topological polar surface area (TPSA) is 88.5 Å². The second kappa shape index (κ2) is 26.2. The lowest BCUT2D eigenvalue weighted by molar-refractivity contribution is -0.137. The number of rotatable bonds is 16. The summed E-state index contributed by atoms with van der Waals surface area (Å²) >= 11 is 5.71. The van der Waals surface area contributed by atoms with Crippen molar-refractivity contribution in [2.24, 2.45) is 16.6 Å². The molecule has 9 heteroatoms. The predicted molar refractivity (Wildman–Crippen MR) is 201 cm³/mol. The minimum atomic E-state index is -3.97. The number of carbonyl (C=O) groups is 1. The number of allylic oxidation sites excluding steroid dienone is 5. The molecule has 1 aromatic rings. The third kappa shape index (κ3) is 20.0. The van der Waals surface area contributed by atoms with E-state index in [1.807, 2.05) is 52.8 Å². The lowest BCUT2D eigenvalue weighted by atomic mass is 9.74. The van der Waals surface area contributed by atoms with E-state index in [-0.39, 0.29) is 23.5 Å². The zero-order chi connectivity index (χ0) is 37.3. The number of aryl methyl sites for hydroxylation is 1. The van der Waals surface area contributed by atoms with Gasteiger partial charge < -0.3 is 10.5 Å². The highest BCUT2D eigenvalue weighted by Crippen LogP contribution is 2.37. The molecule has 0 spiro atoms. The van der Waals surface area contributed by atoms with Crippen molar-refractivity contribution in [3.05, 3.63) is 69.8 Å². The van der Waals surface area contributed by atoms with Gasteiger partial charge in [-0.15, -0.1) is 0 Å². The number of hydrogen-bond donors (Lipinski definition) is 2. The van der Waals surface area contributed by atoms with Gasteiger partial charge in [0.1, 0.15) is 12.2 Å². The maximum absolute atomic E-state index is 12.4. The molecular weight excluding hydrogens is 635 g/mol. The van der Waals surface area contributed by atoms with Gasteiger partial charge in [0.05, 0.1) is 13.2 Å². The van der Waals surface area contributed by atoms with E-state index in [1.165, 1.54) is 17.6 Å². The largest absolute Gasteiger partial charge is 0.389 e. The first-order valence-electron chi connectivity index (χ1n) is 17.5. The van der Waals surface area contributed by atoms with Gasteiger partial charge in [-0.1, -0.05) is 110 Å². The summed E-state index contributed by atoms with van der Waals surface area (Å²) in [4.78, 5) is 16.3. The maximum atomic E-state index is 12.4. The first-order valence-corrected chi connectivity index (χ1v) is 17.8. The number of amidine groups is 1. The third-order valence-electron chi connectivity index (χ3n) is 7.83. The molecule has 2 rings (SSSR count). The number of hydrogen-bond acceptors (Lipinski definition) is 3. The second-order valence-corrected chi connectivity index (χ2v) is 12.5. The zero-order valence-corrected chi connectivity index (χ0v) is 31.8. The number of nitrogens with two attached hydrogens (primary N) is 1. The molecule has 0 amide bonds. The summed E-state index contributed by atoms with van der Waals surface area (Å²) in [6.07, 6.45) is 7.73. The third-order valence-corrected chi connectivity index (χ3v) is 7.94. The molecule has 0 radical (unpaired) electrons. The van der Waals surface area contributed by atoms with Crippen LogP contribution in [-0.2, 0) is 16.6 Å². The van der Waals surface area contributed by atoms with Crippen LogP contribution in [0.4, 0.5) is 13.2 Å². The highest BCUT2D eigenvalue weighted by molar-refractivity contribution is 6.30. The highest BCUT2D eigenvalue weighted by atomic mass is 35.5. The van der Waals surface area contributed by atoms with Crippen molar-refractivity contribution in [1.29, 1.82) is 5.41 Å². The summed E-state index contributed by atoms with van der Waals surface area (Å²) in [6.45, 7) is 23.1. The quantitative estimate of drug-likeness (QED) is 0.0780. The molecule has 1 saturated heterocycles. The van der Waals surface area contributed by atoms with Crippen LogP contribution in [0.5, 0.6) is 0 Å². The molecular formula is C39H63ClF3N3O2. The zero-order valence-electron chi connectivity index (χ0n) is 31.1. The molecule has 1 aliphatic heterocycles. The van der Waals surface area contributed by atoms with Crippen molar-refractivity contribution >= 4 is 29.6 Å². The summed E-state index contributed by atoms with van der Waals surface area (Å²) < 4.78 is 40.1. The number of ketones is 1. The number of aliphatic imine (C=N–C) groups is 1. The Balaban J connectivity index is 0. The smallest absolute Gasteiger partial charge is 0.387 e. The highest BCUT2D eigenvalue weighted by Gasteiger charge is 2.41. The molecule has 1 aliphatic rings. The molecule has 1 heterocycles. The maximum Gasteiger partial charge on any atom is 0.389 e. The summed E-state index contributed by atoms with van der Waals surface area (Å²) in [5, 5.41) is 7.65. The molecule has 0 aliphatic carbocycles. The van der Waals surface area contributed by atoms with Gasteiger partial charge in [-0.2, -0.15) is 13.2 Å². The summed E-state index contributed by atoms with van der Waals surface area (Å²) in [5.74, 6) is 0.814. The second-order valence-electron chi connectivity index (χ2n) is 12.0. The molecule has 1 atom stereocenters. The number of carbonyl (C=O) groups excluding carboxylic acids is 1. The standard InChI is InChI=1S/C18H25N3O2.C12H19Cl.C7H13F3.C2H6/c1-3-5-16(22)15-8-14(7-6-13(15)4-2)18(10-23-11-18)9-17(20)21-12-19;1-5-7-10(3)8-12(6-2)9-11(4)13;1-3-6(2)4-5-7(8,9)10;1-2/h6-8,12H,3-5,9-11H2,1-2H3,(H3,19,20,21);8-9H,4-7H2,1-3H3;6H,3-5H2,1-2H3;1-2H3/b;10-8-,12-9-;;. The van der Waals surface area contributed by atoms with Gasteiger partial charge in [0.25, 0.3) is 0 Å². The van der Waals surface area contributed by atoms with Crippen molar-refractivity contribution < 1.29 is 22.7 Å². The van der Waals surface area contributed by atoms with Crippen molar-refractivity contribution in [2.75, 3.05) is 13.2 Å². The molecule has 274 valence electrons. The van der Waals surface area contributed by atoms with Crippen LogP contribution >= 0.6 is 11.6 Å². The van der Waals surface area contributed by atoms with Crippen LogP contribution in [0.25, 0.3) is 0 Å². The van der Waals surface area contributed by atoms with Crippen LogP contribution in [0.15, 0.2) is 58.1 Å². The predicted octanol–water partition coefficient (Wildman–Crippen LogP) is 12.1. The van der Waals surface area contributed by atoms with Crippen LogP contribution in [0.1, 0.15) is 142 Å². The van der Waals surface area contributed by atoms with Gasteiger partial charge in [-0.25, -0.2) is 4.99 Å². The van der Waals surface area contributed by atoms with E-state index in [4.69, 9.17) is 27.5 Å². The van der Waals surface area contributed by atoms with E-state index in [0.717, 1.165) is 55.1 Å². The Morgan fingerprint density at radius 3 is 2.15 bits per heavy atom. The SMILES string of the molecule is C=C(Cl)/C=C(\C=C(\C)CCC)CC.CC.CCC(C)CCC(F)(F)F.CCCC(=O)c1cc(C2(CC(N)=NC=N)COC2)ccc1CC. The van der Waals surface area contributed by atoms with Crippen molar-refractivity contribution in [3.8, 4) is 0 Å². The number of nitrogens with zero attached hydrogens (tertiary/aromatic N) is 1. The van der Waals surface area contributed by atoms with E-state index in [1.54, 1.807) is 0 Å². The Morgan fingerprint density at radius 1 is 1.12 bits per heavy atom. The lowest BCUT2D eigenvalue weighted by Gasteiger charge is -2.42. The van der Waals surface area contributed by atoms with Gasteiger partial charge in [-0.05, 0) is 73.8 Å². The van der Waals surface area contributed by atoms with Gasteiger partial charge in [0, 0.05) is 35.3 Å². The normalized spacial score (nSPS) is 14.9. The van der Waals surface area contributed by atoms with Gasteiger partial charge >= 0.3 is 6.18 Å². The molecule has 48 heavy (non-hydrogen) atoms. The van der Waals surface area contributed by atoms with Crippen molar-refractivity contribution in [1.82, 2.24) is 0 Å². The number of ether oxygens (including phenoxy) is 1. The van der Waals surface area contributed by atoms with Gasteiger partial charge in [0.2, 0.25) is 0 Å². The van der Waals surface area contributed by atoms with Crippen LogP contribution in [0, 0.1) is 11.3 Å². The fraction of sp³-hybridized carbons (Fsp3) is 0.615. The summed E-state index contributed by atoms with van der Waals surface area (Å²) in [5.41, 5.74) is 11.3. The monoisotopic (exact) mass is 697 g/mol. The fourth-order valence-corrected chi connectivity index (χ4v) is 5.01. The summed E-state index contributed by atoms with van der Waals surface area (Å²) in [7, 11) is 0. The van der Waals surface area contributed by atoms with Crippen LogP contribution < -0.4 is 5.73 Å². The average molecular weight is 698 g/mol. The van der Waals surface area contributed by atoms with Crippen molar-refractivity contribution in [2.45, 2.75) is 138 Å². The first kappa shape index (κ1) is 47.4. The van der Waals surface area contributed by atoms with Crippen LogP contribution in [0.2, 0.25) is 0 Å². The van der Waals surface area contributed by atoms with E-state index < -0.39 is 12.6 Å². The number of halogens is 4. The lowest BCUT2D eigenvalue weighted by Crippen LogP contribution is -2.49. The van der Waals surface area contributed by atoms with Crippen LogP contribution in [0.3, 0.4) is 0 Å².